The van der Waals surface area contributed by atoms with Crippen molar-refractivity contribution in [1.82, 2.24) is 0 Å². The molecule has 0 bridgehead atoms. The molecule has 3 atom stereocenters. The first-order chi connectivity index (χ1) is 27.4. The molecule has 0 saturated heterocycles. The Bertz CT molecular complexity index is 1890. The Morgan fingerprint density at radius 3 is 1.98 bits per heavy atom. The standard InChI is InChI=1S/C49H62O9/c1-33(19-13-14-20-35(3)25-27-41-39(7)48(56)43(32-49(41,8)9)58-46(54)29-28-44(51)52)17-11-10-12-18-34(2)21-15-22-36(4)24-26-40-37(5)31-42(47(55)38(40)6)57-45(53)23-16-30-50/h10,12-15,17-18,20-22,24-27,30,37,42-43H,11,16,19,23,28-29,31-32H2,1-9H3,(H,51,52)/b12-10+,14-13+,21-15+,26-24+,27-25+,33-17+,34-18+,35-20+,36-22+. The van der Waals surface area contributed by atoms with Crippen LogP contribution in [0.2, 0.25) is 0 Å². The number of carbonyl (C=O) groups is 6. The van der Waals surface area contributed by atoms with E-state index in [0.717, 1.165) is 40.7 Å². The van der Waals surface area contributed by atoms with Crippen molar-refractivity contribution in [3.05, 3.63) is 130 Å². The second-order valence-corrected chi connectivity index (χ2v) is 15.7. The van der Waals surface area contributed by atoms with Gasteiger partial charge in [0.25, 0.3) is 0 Å². The van der Waals surface area contributed by atoms with Gasteiger partial charge in [0, 0.05) is 12.8 Å². The lowest BCUT2D eigenvalue weighted by Crippen LogP contribution is -2.39. The number of esters is 2. The molecule has 9 nitrogen and oxygen atoms in total. The molecule has 0 aliphatic heterocycles. The Kier molecular flexibility index (Phi) is 20.5. The first-order valence-electron chi connectivity index (χ1n) is 19.9. The molecule has 0 spiro atoms. The third-order valence-electron chi connectivity index (χ3n) is 10.0. The third kappa shape index (κ3) is 17.0. The molecule has 2 rings (SSSR count). The SMILES string of the molecule is CC1=C(/C=C/C(C)=C/C=C/C(C)=C/C=C/C/C=C(\C)C/C=C/C=C(C)/C=C/C2=C(C)C(=O)C(OC(=O)CCC(=O)O)CC2(C)C)C(C)CC(OC(=O)CCC=O)C1=O. The minimum absolute atomic E-state index is 0.0165. The predicted octanol–water partition coefficient (Wildman–Crippen LogP) is 10.2. The Labute approximate surface area is 345 Å². The van der Waals surface area contributed by atoms with Crippen molar-refractivity contribution in [3.8, 4) is 0 Å². The van der Waals surface area contributed by atoms with Crippen LogP contribution in [0.25, 0.3) is 0 Å². The van der Waals surface area contributed by atoms with Crippen molar-refractivity contribution < 1.29 is 43.3 Å². The van der Waals surface area contributed by atoms with Gasteiger partial charge in [0.15, 0.2) is 23.8 Å². The molecular weight excluding hydrogens is 733 g/mol. The maximum absolute atomic E-state index is 13.0. The second-order valence-electron chi connectivity index (χ2n) is 15.7. The van der Waals surface area contributed by atoms with Gasteiger partial charge in [-0.15, -0.1) is 0 Å². The van der Waals surface area contributed by atoms with Crippen LogP contribution in [-0.4, -0.2) is 53.1 Å². The maximum atomic E-state index is 13.0. The first kappa shape index (κ1) is 48.7. The minimum atomic E-state index is -1.09. The monoisotopic (exact) mass is 794 g/mol. The molecule has 0 aromatic rings. The van der Waals surface area contributed by atoms with Crippen LogP contribution in [0.1, 0.15) is 114 Å². The van der Waals surface area contributed by atoms with E-state index in [0.29, 0.717) is 30.3 Å². The molecule has 0 amide bonds. The first-order valence-corrected chi connectivity index (χ1v) is 19.9. The summed E-state index contributed by atoms with van der Waals surface area (Å²) in [5, 5.41) is 8.81. The number of aldehydes is 1. The molecule has 1 N–H and O–H groups in total. The highest BCUT2D eigenvalue weighted by Crippen LogP contribution is 2.41. The van der Waals surface area contributed by atoms with Crippen LogP contribution in [0.15, 0.2) is 130 Å². The van der Waals surface area contributed by atoms with Gasteiger partial charge in [0.2, 0.25) is 0 Å². The van der Waals surface area contributed by atoms with E-state index in [9.17, 15) is 28.8 Å². The zero-order chi connectivity index (χ0) is 43.4. The topological polar surface area (TPSA) is 141 Å². The van der Waals surface area contributed by atoms with E-state index in [1.807, 2.05) is 102 Å². The summed E-state index contributed by atoms with van der Waals surface area (Å²) in [4.78, 5) is 71.1. The Balaban J connectivity index is 1.86. The van der Waals surface area contributed by atoms with Crippen LogP contribution < -0.4 is 0 Å². The highest BCUT2D eigenvalue weighted by atomic mass is 16.6. The van der Waals surface area contributed by atoms with Gasteiger partial charge in [-0.25, -0.2) is 0 Å². The number of ketones is 2. The molecular formula is C49H62O9. The molecule has 2 aliphatic rings. The number of allylic oxidation sites excluding steroid dienone is 20. The molecule has 0 fully saturated rings. The van der Waals surface area contributed by atoms with Crippen molar-refractivity contribution in [2.24, 2.45) is 11.3 Å². The Morgan fingerprint density at radius 2 is 1.33 bits per heavy atom. The van der Waals surface area contributed by atoms with Gasteiger partial charge in [-0.1, -0.05) is 128 Å². The summed E-state index contributed by atoms with van der Waals surface area (Å²) in [6, 6.07) is 0. The maximum Gasteiger partial charge on any atom is 0.307 e. The zero-order valence-electron chi connectivity index (χ0n) is 35.8. The van der Waals surface area contributed by atoms with E-state index in [4.69, 9.17) is 14.6 Å². The van der Waals surface area contributed by atoms with E-state index in [1.165, 1.54) is 5.57 Å². The van der Waals surface area contributed by atoms with Gasteiger partial charge in [-0.2, -0.15) is 0 Å². The largest absolute Gasteiger partial charge is 0.481 e. The fraction of sp³-hybridized carbons (Fsp3) is 0.429. The number of rotatable bonds is 20. The summed E-state index contributed by atoms with van der Waals surface area (Å²) < 4.78 is 10.7. The normalized spacial score (nSPS) is 21.4. The number of carboxylic acid groups (broad SMARTS) is 1. The number of ether oxygens (including phenoxy) is 2. The number of hydrogen-bond donors (Lipinski definition) is 1. The number of aliphatic carboxylic acids is 1. The van der Waals surface area contributed by atoms with Gasteiger partial charge in [0.05, 0.1) is 19.3 Å². The van der Waals surface area contributed by atoms with Crippen LogP contribution in [0.4, 0.5) is 0 Å². The van der Waals surface area contributed by atoms with Gasteiger partial charge in [-0.3, -0.25) is 24.0 Å². The highest BCUT2D eigenvalue weighted by Gasteiger charge is 2.40. The second kappa shape index (κ2) is 24.4. The van der Waals surface area contributed by atoms with Crippen LogP contribution >= 0.6 is 0 Å². The molecule has 0 aromatic carbocycles. The van der Waals surface area contributed by atoms with E-state index < -0.39 is 35.5 Å². The van der Waals surface area contributed by atoms with Gasteiger partial charge in [-0.05, 0) is 94.4 Å². The lowest BCUT2D eigenvalue weighted by molar-refractivity contribution is -0.157. The van der Waals surface area contributed by atoms with Gasteiger partial charge in [0.1, 0.15) is 6.29 Å². The molecule has 2 aliphatic carbocycles. The molecule has 58 heavy (non-hydrogen) atoms. The molecule has 0 radical (unpaired) electrons. The molecule has 0 heterocycles. The van der Waals surface area contributed by atoms with Gasteiger partial charge >= 0.3 is 17.9 Å². The number of carbonyl (C=O) groups excluding carboxylic acids is 5. The Hall–Kier alpha value is -5.44. The highest BCUT2D eigenvalue weighted by molar-refractivity contribution is 6.02. The van der Waals surface area contributed by atoms with Crippen LogP contribution in [0.5, 0.6) is 0 Å². The number of carboxylic acids is 1. The molecule has 0 aromatic heterocycles. The summed E-state index contributed by atoms with van der Waals surface area (Å²) in [7, 11) is 0. The Morgan fingerprint density at radius 1 is 0.759 bits per heavy atom. The van der Waals surface area contributed by atoms with E-state index in [1.54, 1.807) is 13.8 Å². The summed E-state index contributed by atoms with van der Waals surface area (Å²) in [5.74, 6) is -2.68. The lowest BCUT2D eigenvalue weighted by atomic mass is 9.71. The lowest BCUT2D eigenvalue weighted by Gasteiger charge is -2.36. The fourth-order valence-corrected chi connectivity index (χ4v) is 6.59. The van der Waals surface area contributed by atoms with E-state index >= 15 is 0 Å². The summed E-state index contributed by atoms with van der Waals surface area (Å²) in [5.41, 5.74) is 6.97. The van der Waals surface area contributed by atoms with Gasteiger partial charge < -0.3 is 19.4 Å². The van der Waals surface area contributed by atoms with Crippen LogP contribution in [-0.2, 0) is 38.2 Å². The average Bonchev–Trinajstić information content (AvgIpc) is 3.15. The average molecular weight is 795 g/mol. The zero-order valence-corrected chi connectivity index (χ0v) is 35.8. The van der Waals surface area contributed by atoms with Crippen LogP contribution in [0.3, 0.4) is 0 Å². The van der Waals surface area contributed by atoms with E-state index in [-0.39, 0.29) is 43.2 Å². The smallest absolute Gasteiger partial charge is 0.307 e. The van der Waals surface area contributed by atoms with Crippen molar-refractivity contribution in [2.75, 3.05) is 0 Å². The summed E-state index contributed by atoms with van der Waals surface area (Å²) >= 11 is 0. The van der Waals surface area contributed by atoms with Crippen molar-refractivity contribution in [2.45, 2.75) is 126 Å². The van der Waals surface area contributed by atoms with Crippen molar-refractivity contribution >= 4 is 35.8 Å². The minimum Gasteiger partial charge on any atom is -0.481 e. The molecule has 3 unspecified atom stereocenters. The number of hydrogen-bond acceptors (Lipinski definition) is 8. The fourth-order valence-electron chi connectivity index (χ4n) is 6.59. The quantitative estimate of drug-likeness (QED) is 0.0552. The van der Waals surface area contributed by atoms with Crippen molar-refractivity contribution in [1.29, 1.82) is 0 Å². The summed E-state index contributed by atoms with van der Waals surface area (Å²) in [6.45, 7) is 17.7. The van der Waals surface area contributed by atoms with Crippen LogP contribution in [0, 0.1) is 11.3 Å². The molecule has 312 valence electrons. The number of Topliss-reactive ketones (excluding diaryl/α,β-unsaturated/α-hetero) is 2. The summed E-state index contributed by atoms with van der Waals surface area (Å²) in [6.07, 6.45) is 29.3. The molecule has 0 saturated carbocycles. The predicted molar refractivity (Wildman–Crippen MR) is 229 cm³/mol. The molecule has 9 heteroatoms. The van der Waals surface area contributed by atoms with E-state index in [2.05, 4.69) is 31.2 Å². The third-order valence-corrected chi connectivity index (χ3v) is 10.0. The van der Waals surface area contributed by atoms with Crippen molar-refractivity contribution in [3.63, 3.8) is 0 Å².